The summed E-state index contributed by atoms with van der Waals surface area (Å²) < 4.78 is 78.9. The minimum absolute atomic E-state index is 0.0591. The molecule has 0 radical (unpaired) electrons. The minimum Gasteiger partial charge on any atom is -0.358 e. The predicted molar refractivity (Wildman–Crippen MR) is 105 cm³/mol. The summed E-state index contributed by atoms with van der Waals surface area (Å²) in [6.07, 6.45) is -5.05. The van der Waals surface area contributed by atoms with E-state index in [9.17, 15) is 40.4 Å². The van der Waals surface area contributed by atoms with Crippen LogP contribution >= 0.6 is 11.6 Å². The van der Waals surface area contributed by atoms with Gasteiger partial charge in [-0.15, -0.1) is 4.47 Å². The first kappa shape index (κ1) is 25.4. The summed E-state index contributed by atoms with van der Waals surface area (Å²) in [5, 5.41) is 1.51. The number of aromatic nitrogens is 2. The smallest absolute Gasteiger partial charge is 0.358 e. The second-order valence-corrected chi connectivity index (χ2v) is 8.33. The zero-order valence-corrected chi connectivity index (χ0v) is 18.1. The number of rotatable bonds is 6. The number of nitrogens with one attached hydrogen (secondary N) is 1. The highest BCUT2D eigenvalue weighted by Gasteiger charge is 2.35. The molecule has 1 aromatic heterocycles. The number of anilines is 1. The maximum Gasteiger partial charge on any atom is 0.431 e. The molecule has 0 atom stereocenters. The number of nitrogens with zero attached hydrogens (tertiary/aromatic N) is 3. The third-order valence-electron chi connectivity index (χ3n) is 4.08. The van der Waals surface area contributed by atoms with Gasteiger partial charge in [-0.1, -0.05) is 11.6 Å². The summed E-state index contributed by atoms with van der Waals surface area (Å²) in [4.78, 5) is 40.9. The first-order valence-electron chi connectivity index (χ1n) is 8.33. The summed E-state index contributed by atoms with van der Waals surface area (Å²) >= 11 is 5.89. The molecule has 2 rings (SSSR count). The molecule has 1 N–H and O–H groups in total. The van der Waals surface area contributed by atoms with Crippen LogP contribution in [0.25, 0.3) is 5.69 Å². The Balaban J connectivity index is 2.79. The van der Waals surface area contributed by atoms with Crippen LogP contribution in [0.5, 0.6) is 0 Å². The predicted octanol–water partition coefficient (Wildman–Crippen LogP) is 0.791. The first-order chi connectivity index (χ1) is 14.7. The van der Waals surface area contributed by atoms with Gasteiger partial charge in [-0.05, 0) is 12.1 Å². The van der Waals surface area contributed by atoms with Crippen LogP contribution in [-0.4, -0.2) is 43.4 Å². The molecule has 0 aliphatic heterocycles. The van der Waals surface area contributed by atoms with Crippen molar-refractivity contribution < 1.29 is 35.6 Å². The van der Waals surface area contributed by atoms with Crippen LogP contribution in [-0.2, 0) is 32.9 Å². The fraction of sp³-hybridized carbons (Fsp3) is 0.312. The average molecular weight is 503 g/mol. The van der Waals surface area contributed by atoms with E-state index in [0.29, 0.717) is 19.2 Å². The van der Waals surface area contributed by atoms with E-state index < -0.39 is 67.0 Å². The Bertz CT molecular complexity index is 1290. The number of hydrogen-bond acceptors (Lipinski definition) is 6. The fourth-order valence-electron chi connectivity index (χ4n) is 2.62. The fourth-order valence-corrected chi connectivity index (χ4v) is 4.16. The topological polar surface area (TPSA) is 120 Å². The highest BCUT2D eigenvalue weighted by molar-refractivity contribution is 7.93. The van der Waals surface area contributed by atoms with Crippen LogP contribution in [0.3, 0.4) is 0 Å². The van der Waals surface area contributed by atoms with Gasteiger partial charge in [0, 0.05) is 20.2 Å². The van der Waals surface area contributed by atoms with Crippen molar-refractivity contribution in [2.24, 2.45) is 7.05 Å². The molecule has 0 spiro atoms. The van der Waals surface area contributed by atoms with Gasteiger partial charge in [0.05, 0.1) is 17.8 Å². The second kappa shape index (κ2) is 8.91. The van der Waals surface area contributed by atoms with Crippen molar-refractivity contribution in [3.63, 3.8) is 0 Å². The summed E-state index contributed by atoms with van der Waals surface area (Å²) in [5.74, 6) is -3.36. The summed E-state index contributed by atoms with van der Waals surface area (Å²) in [5.41, 5.74) is -6.19. The van der Waals surface area contributed by atoms with E-state index >= 15 is 0 Å². The normalized spacial score (nSPS) is 12.0. The minimum atomic E-state index is -5.05. The van der Waals surface area contributed by atoms with Gasteiger partial charge in [0.2, 0.25) is 5.91 Å². The molecule has 176 valence electrons. The monoisotopic (exact) mass is 502 g/mol. The molecule has 0 aliphatic rings. The largest absolute Gasteiger partial charge is 0.431 e. The lowest BCUT2D eigenvalue weighted by atomic mass is 10.2. The molecule has 16 heteroatoms. The van der Waals surface area contributed by atoms with Crippen molar-refractivity contribution in [1.82, 2.24) is 14.5 Å². The molecular formula is C16H15ClF4N4O6S. The van der Waals surface area contributed by atoms with Crippen LogP contribution in [0, 0.1) is 5.82 Å². The van der Waals surface area contributed by atoms with Gasteiger partial charge in [0.15, 0.2) is 5.75 Å². The Kier molecular flexibility index (Phi) is 7.06. The first-order valence-corrected chi connectivity index (χ1v) is 10.3. The van der Waals surface area contributed by atoms with E-state index in [1.165, 1.54) is 7.05 Å². The molecule has 32 heavy (non-hydrogen) atoms. The Hall–Kier alpha value is -2.91. The maximum atomic E-state index is 14.6. The Morgan fingerprint density at radius 1 is 1.25 bits per heavy atom. The number of amides is 1. The lowest BCUT2D eigenvalue weighted by molar-refractivity contribution is -0.144. The molecule has 0 saturated carbocycles. The van der Waals surface area contributed by atoms with Crippen LogP contribution < -0.4 is 21.0 Å². The molecule has 0 bridgehead atoms. The molecule has 1 amide bonds. The highest BCUT2D eigenvalue weighted by atomic mass is 35.5. The number of carbonyl (C=O) groups is 1. The van der Waals surface area contributed by atoms with Crippen LogP contribution in [0.15, 0.2) is 27.8 Å². The van der Waals surface area contributed by atoms with Crippen molar-refractivity contribution in [3.8, 4) is 5.69 Å². The van der Waals surface area contributed by atoms with E-state index in [0.717, 1.165) is 7.11 Å². The molecule has 0 saturated heterocycles. The third-order valence-corrected chi connectivity index (χ3v) is 5.86. The molecule has 0 fully saturated rings. The Morgan fingerprint density at radius 3 is 2.34 bits per heavy atom. The van der Waals surface area contributed by atoms with Gasteiger partial charge in [0.1, 0.15) is 17.2 Å². The van der Waals surface area contributed by atoms with Crippen molar-refractivity contribution in [2.75, 3.05) is 24.4 Å². The lowest BCUT2D eigenvalue weighted by Gasteiger charge is -2.23. The summed E-state index contributed by atoms with van der Waals surface area (Å²) in [6.45, 7) is 0. The van der Waals surface area contributed by atoms with E-state index in [-0.39, 0.29) is 19.7 Å². The SMILES string of the molecule is CNC(=O)CS(=O)(=O)N(OC)c1cc(-n2c(=O)cc(C(F)(F)F)n(C)c2=O)c(F)cc1Cl. The van der Waals surface area contributed by atoms with E-state index in [1.807, 2.05) is 0 Å². The molecule has 10 nitrogen and oxygen atoms in total. The number of alkyl halides is 3. The molecule has 2 aromatic rings. The average Bonchev–Trinajstić information content (AvgIpc) is 2.66. The zero-order valence-electron chi connectivity index (χ0n) is 16.5. The molecule has 0 unspecified atom stereocenters. The van der Waals surface area contributed by atoms with Gasteiger partial charge in [-0.3, -0.25) is 19.0 Å². The maximum absolute atomic E-state index is 14.6. The van der Waals surface area contributed by atoms with Gasteiger partial charge >= 0.3 is 11.9 Å². The quantitative estimate of drug-likeness (QED) is 0.461. The van der Waals surface area contributed by atoms with Crippen molar-refractivity contribution in [1.29, 1.82) is 0 Å². The van der Waals surface area contributed by atoms with Crippen molar-refractivity contribution in [2.45, 2.75) is 6.18 Å². The van der Waals surface area contributed by atoms with Crippen LogP contribution in [0.1, 0.15) is 5.69 Å². The number of carbonyl (C=O) groups excluding carboxylic acids is 1. The van der Waals surface area contributed by atoms with E-state index in [4.69, 9.17) is 16.4 Å². The summed E-state index contributed by atoms with van der Waals surface area (Å²) in [6, 6.07) is 1.21. The molecule has 0 aliphatic carbocycles. The molecule has 1 aromatic carbocycles. The van der Waals surface area contributed by atoms with Gasteiger partial charge in [0.25, 0.3) is 15.6 Å². The van der Waals surface area contributed by atoms with Crippen molar-refractivity contribution in [3.05, 3.63) is 55.6 Å². The third kappa shape index (κ3) is 4.78. The van der Waals surface area contributed by atoms with Gasteiger partial charge < -0.3 is 5.32 Å². The standard InChI is InChI=1S/C16H15ClF4N4O6S/c1-22-13(26)7-32(29,30)25(31-3)10-5-11(9(18)4-8(10)17)24-14(27)6-12(16(19,20)21)23(2)15(24)28/h4-6H,7H2,1-3H3,(H,22,26). The Morgan fingerprint density at radius 2 is 1.84 bits per heavy atom. The number of hydrogen-bond donors (Lipinski definition) is 1. The van der Waals surface area contributed by atoms with Gasteiger partial charge in [-0.25, -0.2) is 22.2 Å². The lowest BCUT2D eigenvalue weighted by Crippen LogP contribution is -2.41. The zero-order chi connectivity index (χ0) is 24.6. The summed E-state index contributed by atoms with van der Waals surface area (Å²) in [7, 11) is -1.79. The Labute approximate surface area is 182 Å². The van der Waals surface area contributed by atoms with Gasteiger partial charge in [-0.2, -0.15) is 13.2 Å². The molecular weight excluding hydrogens is 488 g/mol. The van der Waals surface area contributed by atoms with E-state index in [2.05, 4.69) is 5.32 Å². The van der Waals surface area contributed by atoms with Crippen molar-refractivity contribution >= 4 is 33.2 Å². The van der Waals surface area contributed by atoms with Crippen LogP contribution in [0.2, 0.25) is 5.02 Å². The number of benzene rings is 1. The number of halogens is 5. The van der Waals surface area contributed by atoms with Crippen LogP contribution in [0.4, 0.5) is 23.2 Å². The molecule has 1 heterocycles. The van der Waals surface area contributed by atoms with E-state index in [1.54, 1.807) is 0 Å². The number of sulfonamides is 1. The second-order valence-electron chi connectivity index (χ2n) is 6.14. The highest BCUT2D eigenvalue weighted by Crippen LogP contribution is 2.32.